The first kappa shape index (κ1) is 19.6. The lowest BCUT2D eigenvalue weighted by molar-refractivity contribution is -0.133. The van der Waals surface area contributed by atoms with Crippen molar-refractivity contribution in [1.29, 1.82) is 0 Å². The van der Waals surface area contributed by atoms with Gasteiger partial charge in [-0.05, 0) is 31.0 Å². The maximum absolute atomic E-state index is 14.0. The molecule has 2 aromatic rings. The first-order valence-corrected chi connectivity index (χ1v) is 10.2. The minimum absolute atomic E-state index is 0.0401. The lowest BCUT2D eigenvalue weighted by Crippen LogP contribution is -2.53. The van der Waals surface area contributed by atoms with Crippen molar-refractivity contribution >= 4 is 17.4 Å². The Hall–Kier alpha value is -2.73. The van der Waals surface area contributed by atoms with Crippen molar-refractivity contribution in [3.63, 3.8) is 0 Å². The van der Waals surface area contributed by atoms with E-state index in [0.717, 1.165) is 11.1 Å². The molecule has 5 nitrogen and oxygen atoms in total. The van der Waals surface area contributed by atoms with Crippen LogP contribution >= 0.6 is 0 Å². The average Bonchev–Trinajstić information content (AvgIpc) is 3.24. The molecular weight excluding hydrogens is 369 g/mol. The van der Waals surface area contributed by atoms with E-state index in [-0.39, 0.29) is 29.5 Å². The summed E-state index contributed by atoms with van der Waals surface area (Å²) in [5.74, 6) is -0.263. The Morgan fingerprint density at radius 3 is 2.41 bits per heavy atom. The van der Waals surface area contributed by atoms with E-state index in [1.165, 1.54) is 6.07 Å². The fourth-order valence-corrected chi connectivity index (χ4v) is 4.29. The molecule has 1 amide bonds. The van der Waals surface area contributed by atoms with Gasteiger partial charge in [-0.3, -0.25) is 9.59 Å². The average molecular weight is 395 g/mol. The number of hydrogen-bond donors (Lipinski definition) is 1. The van der Waals surface area contributed by atoms with Crippen LogP contribution in [0.1, 0.15) is 22.3 Å². The standard InChI is InChI=1S/C23H26FN3O2/c1-16-6-2-3-7-18(16)22(28)17-14-20(25-15-17)23(29)27-12-10-26(11-13-27)21-9-5-4-8-19(21)24/h2-9,17,20,25H,10-15H2,1H3. The molecule has 0 radical (unpaired) electrons. The summed E-state index contributed by atoms with van der Waals surface area (Å²) in [7, 11) is 0. The fourth-order valence-electron chi connectivity index (χ4n) is 4.29. The fraction of sp³-hybridized carbons (Fsp3) is 0.391. The molecule has 29 heavy (non-hydrogen) atoms. The molecule has 0 spiro atoms. The molecule has 0 aromatic heterocycles. The highest BCUT2D eigenvalue weighted by Gasteiger charge is 2.37. The van der Waals surface area contributed by atoms with Crippen LogP contribution < -0.4 is 10.2 Å². The Bertz CT molecular complexity index is 909. The van der Waals surface area contributed by atoms with Crippen LogP contribution in [0.5, 0.6) is 0 Å². The van der Waals surface area contributed by atoms with Gasteiger partial charge in [0.2, 0.25) is 5.91 Å². The van der Waals surface area contributed by atoms with Crippen molar-refractivity contribution in [3.05, 3.63) is 65.5 Å². The van der Waals surface area contributed by atoms with Crippen molar-refractivity contribution in [3.8, 4) is 0 Å². The zero-order chi connectivity index (χ0) is 20.4. The Morgan fingerprint density at radius 2 is 1.69 bits per heavy atom. The smallest absolute Gasteiger partial charge is 0.239 e. The van der Waals surface area contributed by atoms with Crippen molar-refractivity contribution in [2.75, 3.05) is 37.6 Å². The summed E-state index contributed by atoms with van der Waals surface area (Å²) >= 11 is 0. The van der Waals surface area contributed by atoms with Crippen molar-refractivity contribution in [2.24, 2.45) is 5.92 Å². The number of anilines is 1. The summed E-state index contributed by atoms with van der Waals surface area (Å²) in [5.41, 5.74) is 2.30. The number of halogens is 1. The SMILES string of the molecule is Cc1ccccc1C(=O)C1CNC(C(=O)N2CCN(c3ccccc3F)CC2)C1. The third kappa shape index (κ3) is 4.03. The monoisotopic (exact) mass is 395 g/mol. The summed E-state index contributed by atoms with van der Waals surface area (Å²) in [4.78, 5) is 29.6. The van der Waals surface area contributed by atoms with Crippen LogP contribution in [0, 0.1) is 18.7 Å². The second kappa shape index (κ2) is 8.33. The molecule has 2 unspecified atom stereocenters. The van der Waals surface area contributed by atoms with Crippen LogP contribution in [0.2, 0.25) is 0 Å². The molecule has 4 rings (SSSR count). The topological polar surface area (TPSA) is 52.7 Å². The lowest BCUT2D eigenvalue weighted by Gasteiger charge is -2.37. The van der Waals surface area contributed by atoms with E-state index in [2.05, 4.69) is 5.32 Å². The Kier molecular flexibility index (Phi) is 5.62. The van der Waals surface area contributed by atoms with E-state index in [9.17, 15) is 14.0 Å². The van der Waals surface area contributed by atoms with Crippen molar-refractivity contribution in [2.45, 2.75) is 19.4 Å². The molecule has 2 saturated heterocycles. The van der Waals surface area contributed by atoms with Gasteiger partial charge in [0, 0.05) is 44.2 Å². The largest absolute Gasteiger partial charge is 0.366 e. The third-order valence-corrected chi connectivity index (χ3v) is 5.99. The number of Topliss-reactive ketones (excluding diaryl/α,β-unsaturated/α-hetero) is 1. The van der Waals surface area contributed by atoms with Crippen LogP contribution in [-0.4, -0.2) is 55.4 Å². The molecule has 0 bridgehead atoms. The molecular formula is C23H26FN3O2. The number of hydrogen-bond acceptors (Lipinski definition) is 4. The number of benzene rings is 2. The van der Waals surface area contributed by atoms with Gasteiger partial charge in [0.05, 0.1) is 11.7 Å². The molecule has 6 heteroatoms. The predicted octanol–water partition coefficient (Wildman–Crippen LogP) is 2.64. The first-order valence-electron chi connectivity index (χ1n) is 10.2. The second-order valence-electron chi connectivity index (χ2n) is 7.84. The maximum Gasteiger partial charge on any atom is 0.239 e. The lowest BCUT2D eigenvalue weighted by atomic mass is 9.92. The van der Waals surface area contributed by atoms with Gasteiger partial charge in [0.25, 0.3) is 0 Å². The van der Waals surface area contributed by atoms with Crippen LogP contribution in [0.4, 0.5) is 10.1 Å². The number of rotatable bonds is 4. The summed E-state index contributed by atoms with van der Waals surface area (Å²) in [6.45, 7) is 4.78. The number of nitrogens with zero attached hydrogens (tertiary/aromatic N) is 2. The normalized spacial score (nSPS) is 22.0. The van der Waals surface area contributed by atoms with Crippen LogP contribution in [0.3, 0.4) is 0 Å². The minimum atomic E-state index is -0.326. The molecule has 0 saturated carbocycles. The van der Waals surface area contributed by atoms with E-state index in [0.29, 0.717) is 44.8 Å². The van der Waals surface area contributed by atoms with Gasteiger partial charge in [-0.1, -0.05) is 36.4 Å². The van der Waals surface area contributed by atoms with Gasteiger partial charge in [-0.25, -0.2) is 4.39 Å². The number of aryl methyl sites for hydroxylation is 1. The van der Waals surface area contributed by atoms with E-state index in [1.54, 1.807) is 12.1 Å². The molecule has 2 aliphatic rings. The Balaban J connectivity index is 1.34. The molecule has 0 aliphatic carbocycles. The zero-order valence-corrected chi connectivity index (χ0v) is 16.6. The minimum Gasteiger partial charge on any atom is -0.366 e. The number of nitrogens with one attached hydrogen (secondary N) is 1. The maximum atomic E-state index is 14.0. The number of amides is 1. The number of piperazine rings is 1. The van der Waals surface area contributed by atoms with E-state index < -0.39 is 0 Å². The highest BCUT2D eigenvalue weighted by Crippen LogP contribution is 2.24. The second-order valence-corrected chi connectivity index (χ2v) is 7.84. The van der Waals surface area contributed by atoms with Crippen molar-refractivity contribution in [1.82, 2.24) is 10.2 Å². The van der Waals surface area contributed by atoms with Gasteiger partial charge < -0.3 is 15.1 Å². The number of carbonyl (C=O) groups excluding carboxylic acids is 2. The first-order chi connectivity index (χ1) is 14.0. The van der Waals surface area contributed by atoms with E-state index >= 15 is 0 Å². The van der Waals surface area contributed by atoms with Gasteiger partial charge in [0.1, 0.15) is 5.82 Å². The molecule has 2 aromatic carbocycles. The molecule has 2 fully saturated rings. The van der Waals surface area contributed by atoms with Gasteiger partial charge >= 0.3 is 0 Å². The molecule has 152 valence electrons. The Labute approximate surface area is 170 Å². The van der Waals surface area contributed by atoms with Crippen LogP contribution in [0.25, 0.3) is 0 Å². The highest BCUT2D eigenvalue weighted by molar-refractivity contribution is 6.00. The highest BCUT2D eigenvalue weighted by atomic mass is 19.1. The molecule has 2 heterocycles. The number of para-hydroxylation sites is 1. The quantitative estimate of drug-likeness (QED) is 0.809. The van der Waals surface area contributed by atoms with Crippen LogP contribution in [-0.2, 0) is 4.79 Å². The Morgan fingerprint density at radius 1 is 1.00 bits per heavy atom. The van der Waals surface area contributed by atoms with Crippen molar-refractivity contribution < 1.29 is 14.0 Å². The van der Waals surface area contributed by atoms with E-state index in [4.69, 9.17) is 0 Å². The van der Waals surface area contributed by atoms with Gasteiger partial charge in [-0.2, -0.15) is 0 Å². The number of ketones is 1. The summed E-state index contributed by atoms with van der Waals surface area (Å²) in [6.07, 6.45) is 0.527. The third-order valence-electron chi connectivity index (χ3n) is 5.99. The van der Waals surface area contributed by atoms with E-state index in [1.807, 2.05) is 47.1 Å². The molecule has 1 N–H and O–H groups in total. The number of carbonyl (C=O) groups is 2. The predicted molar refractivity (Wildman–Crippen MR) is 111 cm³/mol. The van der Waals surface area contributed by atoms with Crippen LogP contribution in [0.15, 0.2) is 48.5 Å². The van der Waals surface area contributed by atoms with Gasteiger partial charge in [0.15, 0.2) is 5.78 Å². The molecule has 2 aliphatic heterocycles. The summed E-state index contributed by atoms with van der Waals surface area (Å²) in [5, 5.41) is 3.24. The molecule has 2 atom stereocenters. The zero-order valence-electron chi connectivity index (χ0n) is 16.6. The van der Waals surface area contributed by atoms with Gasteiger partial charge in [-0.15, -0.1) is 0 Å². The summed E-state index contributed by atoms with van der Waals surface area (Å²) in [6, 6.07) is 14.0. The summed E-state index contributed by atoms with van der Waals surface area (Å²) < 4.78 is 14.0.